The standard InChI is InChI=1S/C12H15BrClNO/c13-10-4-3-9(12(14)6-10)7-16-8-11-2-1-5-15-11/h3-4,6,11,15H,1-2,5,7-8H2. The highest BCUT2D eigenvalue weighted by Gasteiger charge is 2.13. The molecule has 0 saturated carbocycles. The number of hydrogen-bond donors (Lipinski definition) is 1. The van der Waals surface area contributed by atoms with Crippen LogP contribution in [0.3, 0.4) is 0 Å². The van der Waals surface area contributed by atoms with Crippen LogP contribution in [0.15, 0.2) is 22.7 Å². The first-order valence-electron chi connectivity index (χ1n) is 5.51. The van der Waals surface area contributed by atoms with Gasteiger partial charge in [-0.25, -0.2) is 0 Å². The van der Waals surface area contributed by atoms with Crippen molar-refractivity contribution in [3.8, 4) is 0 Å². The van der Waals surface area contributed by atoms with Gasteiger partial charge in [-0.05, 0) is 37.1 Å². The lowest BCUT2D eigenvalue weighted by Crippen LogP contribution is -2.26. The summed E-state index contributed by atoms with van der Waals surface area (Å²) in [5.41, 5.74) is 1.04. The summed E-state index contributed by atoms with van der Waals surface area (Å²) in [6, 6.07) is 6.40. The molecule has 16 heavy (non-hydrogen) atoms. The smallest absolute Gasteiger partial charge is 0.0732 e. The number of nitrogens with one attached hydrogen (secondary N) is 1. The van der Waals surface area contributed by atoms with Gasteiger partial charge in [0.05, 0.1) is 13.2 Å². The molecule has 1 fully saturated rings. The van der Waals surface area contributed by atoms with E-state index in [4.69, 9.17) is 16.3 Å². The van der Waals surface area contributed by atoms with Gasteiger partial charge in [0, 0.05) is 15.5 Å². The van der Waals surface area contributed by atoms with Crippen molar-refractivity contribution >= 4 is 27.5 Å². The van der Waals surface area contributed by atoms with Crippen molar-refractivity contribution in [3.05, 3.63) is 33.3 Å². The van der Waals surface area contributed by atoms with Crippen molar-refractivity contribution < 1.29 is 4.74 Å². The van der Waals surface area contributed by atoms with Crippen molar-refractivity contribution in [1.29, 1.82) is 0 Å². The van der Waals surface area contributed by atoms with E-state index in [9.17, 15) is 0 Å². The van der Waals surface area contributed by atoms with E-state index in [2.05, 4.69) is 21.2 Å². The first kappa shape index (κ1) is 12.4. The fourth-order valence-electron chi connectivity index (χ4n) is 1.85. The first-order valence-corrected chi connectivity index (χ1v) is 6.68. The maximum atomic E-state index is 6.10. The molecule has 1 unspecified atom stereocenters. The molecule has 0 aromatic heterocycles. The quantitative estimate of drug-likeness (QED) is 0.921. The Morgan fingerprint density at radius 3 is 3.06 bits per heavy atom. The zero-order chi connectivity index (χ0) is 11.4. The number of rotatable bonds is 4. The largest absolute Gasteiger partial charge is 0.375 e. The van der Waals surface area contributed by atoms with E-state index in [0.717, 1.165) is 28.2 Å². The lowest BCUT2D eigenvalue weighted by Gasteiger charge is -2.11. The number of ether oxygens (including phenoxy) is 1. The van der Waals surface area contributed by atoms with Crippen LogP contribution >= 0.6 is 27.5 Å². The van der Waals surface area contributed by atoms with Gasteiger partial charge >= 0.3 is 0 Å². The third-order valence-corrected chi connectivity index (χ3v) is 3.60. The Balaban J connectivity index is 1.80. The molecule has 1 aliphatic heterocycles. The summed E-state index contributed by atoms with van der Waals surface area (Å²) < 4.78 is 6.66. The van der Waals surface area contributed by atoms with Crippen molar-refractivity contribution in [2.45, 2.75) is 25.5 Å². The van der Waals surface area contributed by atoms with Crippen LogP contribution in [-0.2, 0) is 11.3 Å². The maximum Gasteiger partial charge on any atom is 0.0732 e. The van der Waals surface area contributed by atoms with Gasteiger partial charge in [-0.1, -0.05) is 33.6 Å². The Hall–Kier alpha value is -0.0900. The van der Waals surface area contributed by atoms with Gasteiger partial charge in [-0.2, -0.15) is 0 Å². The first-order chi connectivity index (χ1) is 7.75. The Bertz CT molecular complexity index is 353. The lowest BCUT2D eigenvalue weighted by atomic mass is 10.2. The van der Waals surface area contributed by atoms with Crippen LogP contribution in [0.1, 0.15) is 18.4 Å². The summed E-state index contributed by atoms with van der Waals surface area (Å²) in [7, 11) is 0. The Labute approximate surface area is 109 Å². The summed E-state index contributed by atoms with van der Waals surface area (Å²) in [5, 5.41) is 4.16. The van der Waals surface area contributed by atoms with Crippen molar-refractivity contribution in [1.82, 2.24) is 5.32 Å². The van der Waals surface area contributed by atoms with E-state index in [-0.39, 0.29) is 0 Å². The Morgan fingerprint density at radius 1 is 1.50 bits per heavy atom. The van der Waals surface area contributed by atoms with E-state index >= 15 is 0 Å². The van der Waals surface area contributed by atoms with Gasteiger partial charge in [-0.15, -0.1) is 0 Å². The SMILES string of the molecule is Clc1cc(Br)ccc1COCC1CCCN1. The minimum absolute atomic E-state index is 0.522. The fourth-order valence-corrected chi connectivity index (χ4v) is 2.58. The molecule has 4 heteroatoms. The number of hydrogen-bond acceptors (Lipinski definition) is 2. The van der Waals surface area contributed by atoms with E-state index in [1.54, 1.807) is 0 Å². The molecule has 1 aromatic rings. The second-order valence-electron chi connectivity index (χ2n) is 4.04. The molecule has 0 amide bonds. The highest BCUT2D eigenvalue weighted by molar-refractivity contribution is 9.10. The van der Waals surface area contributed by atoms with E-state index in [0.29, 0.717) is 12.6 Å². The molecule has 0 radical (unpaired) electrons. The third-order valence-electron chi connectivity index (χ3n) is 2.75. The topological polar surface area (TPSA) is 21.3 Å². The zero-order valence-electron chi connectivity index (χ0n) is 9.01. The van der Waals surface area contributed by atoms with E-state index in [1.807, 2.05) is 18.2 Å². The van der Waals surface area contributed by atoms with Crippen LogP contribution in [0.4, 0.5) is 0 Å². The second-order valence-corrected chi connectivity index (χ2v) is 5.37. The second kappa shape index (κ2) is 6.01. The molecule has 0 aliphatic carbocycles. The fraction of sp³-hybridized carbons (Fsp3) is 0.500. The molecule has 1 N–H and O–H groups in total. The predicted octanol–water partition coefficient (Wildman–Crippen LogP) is 3.37. The summed E-state index contributed by atoms with van der Waals surface area (Å²) in [5.74, 6) is 0. The van der Waals surface area contributed by atoms with Crippen LogP contribution in [0.2, 0.25) is 5.02 Å². The van der Waals surface area contributed by atoms with E-state index in [1.165, 1.54) is 12.8 Å². The van der Waals surface area contributed by atoms with Crippen LogP contribution in [-0.4, -0.2) is 19.2 Å². The van der Waals surface area contributed by atoms with Gasteiger partial charge < -0.3 is 10.1 Å². The molecule has 2 rings (SSSR count). The van der Waals surface area contributed by atoms with Crippen molar-refractivity contribution in [3.63, 3.8) is 0 Å². The predicted molar refractivity (Wildman–Crippen MR) is 69.8 cm³/mol. The van der Waals surface area contributed by atoms with Crippen LogP contribution in [0, 0.1) is 0 Å². The molecule has 1 heterocycles. The molecule has 0 bridgehead atoms. The molecule has 2 nitrogen and oxygen atoms in total. The highest BCUT2D eigenvalue weighted by atomic mass is 79.9. The molecular weight excluding hydrogens is 289 g/mol. The zero-order valence-corrected chi connectivity index (χ0v) is 11.4. The van der Waals surface area contributed by atoms with E-state index < -0.39 is 0 Å². The van der Waals surface area contributed by atoms with Gasteiger partial charge in [0.25, 0.3) is 0 Å². The van der Waals surface area contributed by atoms with Crippen molar-refractivity contribution in [2.24, 2.45) is 0 Å². The van der Waals surface area contributed by atoms with Gasteiger partial charge in [0.15, 0.2) is 0 Å². The molecule has 88 valence electrons. The van der Waals surface area contributed by atoms with Gasteiger partial charge in [-0.3, -0.25) is 0 Å². The minimum atomic E-state index is 0.522. The number of benzene rings is 1. The molecule has 1 saturated heterocycles. The summed E-state index contributed by atoms with van der Waals surface area (Å²) in [4.78, 5) is 0. The summed E-state index contributed by atoms with van der Waals surface area (Å²) in [6.07, 6.45) is 2.47. The van der Waals surface area contributed by atoms with Crippen molar-refractivity contribution in [2.75, 3.05) is 13.2 Å². The Morgan fingerprint density at radius 2 is 2.38 bits per heavy atom. The molecular formula is C12H15BrClNO. The minimum Gasteiger partial charge on any atom is -0.375 e. The summed E-state index contributed by atoms with van der Waals surface area (Å²) in [6.45, 7) is 2.48. The third kappa shape index (κ3) is 3.45. The van der Waals surface area contributed by atoms with Crippen LogP contribution < -0.4 is 5.32 Å². The molecule has 1 atom stereocenters. The van der Waals surface area contributed by atoms with Crippen LogP contribution in [0.5, 0.6) is 0 Å². The average Bonchev–Trinajstić information content (AvgIpc) is 2.74. The molecule has 0 spiro atoms. The Kier molecular flexibility index (Phi) is 4.65. The number of halogens is 2. The normalized spacial score (nSPS) is 20.2. The van der Waals surface area contributed by atoms with Gasteiger partial charge in [0.2, 0.25) is 0 Å². The maximum absolute atomic E-state index is 6.10. The van der Waals surface area contributed by atoms with Gasteiger partial charge in [0.1, 0.15) is 0 Å². The lowest BCUT2D eigenvalue weighted by molar-refractivity contribution is 0.103. The monoisotopic (exact) mass is 303 g/mol. The molecule has 1 aromatic carbocycles. The summed E-state index contributed by atoms with van der Waals surface area (Å²) >= 11 is 9.48. The average molecular weight is 305 g/mol. The molecule has 1 aliphatic rings. The van der Waals surface area contributed by atoms with Crippen LogP contribution in [0.25, 0.3) is 0 Å². The highest BCUT2D eigenvalue weighted by Crippen LogP contribution is 2.22.